The fraction of sp³-hybridized carbons (Fsp3) is 0.417. The highest BCUT2D eigenvalue weighted by atomic mass is 127. The zero-order chi connectivity index (χ0) is 13.0. The van der Waals surface area contributed by atoms with Crippen LogP contribution < -0.4 is 5.48 Å². The van der Waals surface area contributed by atoms with Gasteiger partial charge in [-0.3, -0.25) is 4.79 Å². The number of hydrogen-bond acceptors (Lipinski definition) is 3. The molecule has 1 amide bonds. The van der Waals surface area contributed by atoms with Gasteiger partial charge in [0.15, 0.2) is 6.29 Å². The van der Waals surface area contributed by atoms with Crippen molar-refractivity contribution >= 4 is 40.1 Å². The van der Waals surface area contributed by atoms with Crippen LogP contribution >= 0.6 is 34.2 Å². The first-order chi connectivity index (χ1) is 8.66. The molecule has 0 bridgehead atoms. The number of hydrogen-bond donors (Lipinski definition) is 1. The van der Waals surface area contributed by atoms with Gasteiger partial charge in [0, 0.05) is 21.6 Å². The van der Waals surface area contributed by atoms with E-state index >= 15 is 0 Å². The largest absolute Gasteiger partial charge is 0.350 e. The topological polar surface area (TPSA) is 47.6 Å². The predicted molar refractivity (Wildman–Crippen MR) is 76.3 cm³/mol. The van der Waals surface area contributed by atoms with E-state index in [9.17, 15) is 4.79 Å². The molecule has 6 heteroatoms. The van der Waals surface area contributed by atoms with Gasteiger partial charge in [-0.05, 0) is 53.6 Å². The predicted octanol–water partition coefficient (Wildman–Crippen LogP) is 3.13. The summed E-state index contributed by atoms with van der Waals surface area (Å²) in [7, 11) is 0. The Morgan fingerprint density at radius 3 is 3.06 bits per heavy atom. The van der Waals surface area contributed by atoms with E-state index in [1.165, 1.54) is 0 Å². The molecular weight excluding hydrogens is 368 g/mol. The van der Waals surface area contributed by atoms with Gasteiger partial charge < -0.3 is 4.74 Å². The molecular formula is C12H13ClINO3. The van der Waals surface area contributed by atoms with Crippen LogP contribution in [-0.2, 0) is 9.57 Å². The molecule has 0 saturated carbocycles. The van der Waals surface area contributed by atoms with Gasteiger partial charge in [-0.2, -0.15) is 0 Å². The van der Waals surface area contributed by atoms with Crippen LogP contribution in [0.5, 0.6) is 0 Å². The van der Waals surface area contributed by atoms with Crippen molar-refractivity contribution in [2.24, 2.45) is 0 Å². The molecule has 1 saturated heterocycles. The van der Waals surface area contributed by atoms with Gasteiger partial charge in [0.25, 0.3) is 5.91 Å². The third-order valence-electron chi connectivity index (χ3n) is 2.59. The molecule has 1 aromatic rings. The molecule has 1 aliphatic heterocycles. The van der Waals surface area contributed by atoms with E-state index in [1.54, 1.807) is 18.2 Å². The first-order valence-electron chi connectivity index (χ1n) is 5.69. The van der Waals surface area contributed by atoms with Crippen molar-refractivity contribution in [3.63, 3.8) is 0 Å². The van der Waals surface area contributed by atoms with Gasteiger partial charge in [-0.1, -0.05) is 11.6 Å². The van der Waals surface area contributed by atoms with Crippen LogP contribution in [0.4, 0.5) is 0 Å². The normalized spacial score (nSPS) is 19.6. The van der Waals surface area contributed by atoms with Crippen LogP contribution in [0.2, 0.25) is 5.02 Å². The van der Waals surface area contributed by atoms with Gasteiger partial charge in [0.05, 0.1) is 5.56 Å². The monoisotopic (exact) mass is 381 g/mol. The lowest BCUT2D eigenvalue weighted by molar-refractivity contribution is -0.186. The fourth-order valence-corrected chi connectivity index (χ4v) is 2.40. The molecule has 0 radical (unpaired) electrons. The van der Waals surface area contributed by atoms with Crippen LogP contribution in [0.15, 0.2) is 18.2 Å². The van der Waals surface area contributed by atoms with Crippen molar-refractivity contribution < 1.29 is 14.4 Å². The van der Waals surface area contributed by atoms with Crippen molar-refractivity contribution in [1.82, 2.24) is 5.48 Å². The summed E-state index contributed by atoms with van der Waals surface area (Å²) in [6.07, 6.45) is 2.54. The van der Waals surface area contributed by atoms with Crippen LogP contribution in [0.25, 0.3) is 0 Å². The standard InChI is InChI=1S/C12H13ClINO3/c13-8-4-5-10(14)9(7-8)12(16)15-18-11-3-1-2-6-17-11/h4-5,7,11H,1-3,6H2,(H,15,16). The van der Waals surface area contributed by atoms with Gasteiger partial charge in [-0.25, -0.2) is 10.3 Å². The minimum absolute atomic E-state index is 0.309. The van der Waals surface area contributed by atoms with Crippen LogP contribution in [0.1, 0.15) is 29.6 Å². The number of halogens is 2. The zero-order valence-corrected chi connectivity index (χ0v) is 12.5. The number of benzene rings is 1. The SMILES string of the molecule is O=C(NOC1CCCCO1)c1cc(Cl)ccc1I. The second-order valence-corrected chi connectivity index (χ2v) is 5.57. The molecule has 1 N–H and O–H groups in total. The number of carbonyl (C=O) groups is 1. The Kier molecular flexibility index (Phi) is 5.23. The molecule has 0 aromatic heterocycles. The van der Waals surface area contributed by atoms with E-state index in [4.69, 9.17) is 21.2 Å². The van der Waals surface area contributed by atoms with Crippen molar-refractivity contribution in [2.45, 2.75) is 25.6 Å². The van der Waals surface area contributed by atoms with Crippen molar-refractivity contribution in [3.8, 4) is 0 Å². The summed E-state index contributed by atoms with van der Waals surface area (Å²) in [4.78, 5) is 17.1. The number of carbonyl (C=O) groups excluding carboxylic acids is 1. The number of amides is 1. The molecule has 1 aromatic carbocycles. The van der Waals surface area contributed by atoms with Gasteiger partial charge in [0.2, 0.25) is 0 Å². The summed E-state index contributed by atoms with van der Waals surface area (Å²) in [5.74, 6) is -0.309. The van der Waals surface area contributed by atoms with E-state index < -0.39 is 0 Å². The minimum atomic E-state index is -0.348. The van der Waals surface area contributed by atoms with E-state index in [-0.39, 0.29) is 12.2 Å². The maximum atomic E-state index is 11.9. The lowest BCUT2D eigenvalue weighted by Crippen LogP contribution is -2.33. The molecule has 18 heavy (non-hydrogen) atoms. The van der Waals surface area contributed by atoms with Crippen LogP contribution in [0.3, 0.4) is 0 Å². The first kappa shape index (κ1) is 14.0. The van der Waals surface area contributed by atoms with Gasteiger partial charge in [0.1, 0.15) is 0 Å². The summed E-state index contributed by atoms with van der Waals surface area (Å²) in [5, 5.41) is 0.523. The molecule has 1 atom stereocenters. The van der Waals surface area contributed by atoms with Crippen LogP contribution in [-0.4, -0.2) is 18.8 Å². The minimum Gasteiger partial charge on any atom is -0.350 e. The molecule has 98 valence electrons. The number of rotatable bonds is 3. The Bertz CT molecular complexity index is 435. The summed E-state index contributed by atoms with van der Waals surface area (Å²) < 4.78 is 6.18. The summed E-state index contributed by atoms with van der Waals surface area (Å²) in [6.45, 7) is 0.676. The molecule has 1 aliphatic rings. The number of nitrogens with one attached hydrogen (secondary N) is 1. The fourth-order valence-electron chi connectivity index (χ4n) is 1.65. The molecule has 4 nitrogen and oxygen atoms in total. The van der Waals surface area contributed by atoms with Crippen molar-refractivity contribution in [1.29, 1.82) is 0 Å². The second-order valence-electron chi connectivity index (χ2n) is 3.97. The molecule has 0 spiro atoms. The Morgan fingerprint density at radius 1 is 1.50 bits per heavy atom. The molecule has 1 unspecified atom stereocenters. The third-order valence-corrected chi connectivity index (χ3v) is 3.77. The van der Waals surface area contributed by atoms with E-state index in [1.807, 2.05) is 0 Å². The highest BCUT2D eigenvalue weighted by Gasteiger charge is 2.17. The molecule has 0 aliphatic carbocycles. The second kappa shape index (κ2) is 6.70. The van der Waals surface area contributed by atoms with Crippen molar-refractivity contribution in [3.05, 3.63) is 32.4 Å². The average Bonchev–Trinajstić information content (AvgIpc) is 2.40. The maximum Gasteiger partial charge on any atom is 0.276 e. The van der Waals surface area contributed by atoms with E-state index in [2.05, 4.69) is 28.1 Å². The Labute approximate surface area is 124 Å². The lowest BCUT2D eigenvalue weighted by Gasteiger charge is -2.22. The smallest absolute Gasteiger partial charge is 0.276 e. The van der Waals surface area contributed by atoms with Gasteiger partial charge >= 0.3 is 0 Å². The summed E-state index contributed by atoms with van der Waals surface area (Å²) in [5.41, 5.74) is 2.91. The van der Waals surface area contributed by atoms with Crippen LogP contribution in [0, 0.1) is 3.57 Å². The maximum absolute atomic E-state index is 11.9. The molecule has 1 fully saturated rings. The van der Waals surface area contributed by atoms with E-state index in [0.717, 1.165) is 22.8 Å². The summed E-state index contributed by atoms with van der Waals surface area (Å²) in [6, 6.07) is 5.14. The average molecular weight is 382 g/mol. The van der Waals surface area contributed by atoms with E-state index in [0.29, 0.717) is 17.2 Å². The third kappa shape index (κ3) is 3.81. The summed E-state index contributed by atoms with van der Waals surface area (Å²) >= 11 is 7.94. The lowest BCUT2D eigenvalue weighted by atomic mass is 10.2. The van der Waals surface area contributed by atoms with Crippen molar-refractivity contribution in [2.75, 3.05) is 6.61 Å². The Hall–Kier alpha value is -0.370. The van der Waals surface area contributed by atoms with Gasteiger partial charge in [-0.15, -0.1) is 0 Å². The zero-order valence-electron chi connectivity index (χ0n) is 9.62. The molecule has 2 rings (SSSR count). The Balaban J connectivity index is 1.92. The Morgan fingerprint density at radius 2 is 2.33 bits per heavy atom. The quantitative estimate of drug-likeness (QED) is 0.646. The number of hydroxylamine groups is 1. The highest BCUT2D eigenvalue weighted by molar-refractivity contribution is 14.1. The first-order valence-corrected chi connectivity index (χ1v) is 7.15. The highest BCUT2D eigenvalue weighted by Crippen LogP contribution is 2.18. The molecule has 1 heterocycles. The number of ether oxygens (including phenoxy) is 1.